The second kappa shape index (κ2) is 71.4. The summed E-state index contributed by atoms with van der Waals surface area (Å²) >= 11 is 0. The number of carbonyl (C=O) groups excluding carboxylic acids is 3. The van der Waals surface area contributed by atoms with Crippen molar-refractivity contribution in [3.05, 3.63) is 24.3 Å². The molecule has 0 bridgehead atoms. The van der Waals surface area contributed by atoms with E-state index in [4.69, 9.17) is 14.2 Å². The molecule has 0 amide bonds. The highest BCUT2D eigenvalue weighted by Gasteiger charge is 2.20. The fourth-order valence-corrected chi connectivity index (χ4v) is 11.6. The fraction of sp³-hybridized carbons (Fsp3) is 0.908. The average Bonchev–Trinajstić information content (AvgIpc) is 3.47. The van der Waals surface area contributed by atoms with Gasteiger partial charge in [0.15, 0.2) is 6.10 Å². The fourth-order valence-electron chi connectivity index (χ4n) is 11.6. The van der Waals surface area contributed by atoms with Crippen LogP contribution in [0.2, 0.25) is 0 Å². The summed E-state index contributed by atoms with van der Waals surface area (Å²) < 4.78 is 17.0. The molecule has 0 radical (unpaired) electrons. The minimum Gasteiger partial charge on any atom is -0.462 e. The summed E-state index contributed by atoms with van der Waals surface area (Å²) in [7, 11) is 0. The van der Waals surface area contributed by atoms with E-state index in [1.54, 1.807) is 0 Å². The van der Waals surface area contributed by atoms with Crippen molar-refractivity contribution in [2.75, 3.05) is 13.2 Å². The molecule has 0 saturated carbocycles. The van der Waals surface area contributed by atoms with E-state index >= 15 is 0 Å². The molecule has 0 heterocycles. The van der Waals surface area contributed by atoms with Crippen LogP contribution in [0.15, 0.2) is 24.3 Å². The summed E-state index contributed by atoms with van der Waals surface area (Å²) in [6.07, 6.45) is 88.1. The lowest BCUT2D eigenvalue weighted by Crippen LogP contribution is -2.30. The maximum atomic E-state index is 12.9. The first-order chi connectivity index (χ1) is 40.5. The van der Waals surface area contributed by atoms with Crippen molar-refractivity contribution in [2.24, 2.45) is 0 Å². The highest BCUT2D eigenvalue weighted by molar-refractivity contribution is 5.71. The van der Waals surface area contributed by atoms with Gasteiger partial charge >= 0.3 is 17.9 Å². The quantitative estimate of drug-likeness (QED) is 0.0261. The lowest BCUT2D eigenvalue weighted by molar-refractivity contribution is -0.167. The van der Waals surface area contributed by atoms with E-state index in [1.807, 2.05) is 0 Å². The summed E-state index contributed by atoms with van der Waals surface area (Å²) in [4.78, 5) is 38.4. The molecular formula is C76H144O6. The van der Waals surface area contributed by atoms with Gasteiger partial charge in [-0.05, 0) is 51.4 Å². The molecular weight excluding hydrogens is 1010 g/mol. The van der Waals surface area contributed by atoms with E-state index in [2.05, 4.69) is 45.1 Å². The van der Waals surface area contributed by atoms with Crippen molar-refractivity contribution < 1.29 is 28.6 Å². The third kappa shape index (κ3) is 68.7. The lowest BCUT2D eigenvalue weighted by atomic mass is 10.0. The zero-order valence-electron chi connectivity index (χ0n) is 55.8. The van der Waals surface area contributed by atoms with Crippen LogP contribution in [0, 0.1) is 0 Å². The molecule has 484 valence electrons. The Labute approximate surface area is 513 Å². The van der Waals surface area contributed by atoms with Crippen LogP contribution in [0.4, 0.5) is 0 Å². The Morgan fingerprint density at radius 3 is 0.695 bits per heavy atom. The number of esters is 3. The molecule has 0 aromatic rings. The Morgan fingerprint density at radius 1 is 0.244 bits per heavy atom. The first kappa shape index (κ1) is 79.9. The second-order valence-electron chi connectivity index (χ2n) is 25.6. The van der Waals surface area contributed by atoms with Crippen molar-refractivity contribution in [1.29, 1.82) is 0 Å². The summed E-state index contributed by atoms with van der Waals surface area (Å²) in [5, 5.41) is 0. The molecule has 0 spiro atoms. The zero-order valence-corrected chi connectivity index (χ0v) is 55.8. The van der Waals surface area contributed by atoms with Crippen LogP contribution in [-0.4, -0.2) is 37.2 Å². The largest absolute Gasteiger partial charge is 0.462 e. The van der Waals surface area contributed by atoms with Crippen LogP contribution in [0.5, 0.6) is 0 Å². The Morgan fingerprint density at radius 2 is 0.439 bits per heavy atom. The average molecular weight is 1150 g/mol. The van der Waals surface area contributed by atoms with Gasteiger partial charge in [-0.1, -0.05) is 379 Å². The Hall–Kier alpha value is -2.11. The number of unbranched alkanes of at least 4 members (excludes halogenated alkanes) is 55. The predicted octanol–water partition coefficient (Wildman–Crippen LogP) is 25.7. The third-order valence-corrected chi connectivity index (χ3v) is 17.2. The molecule has 0 saturated heterocycles. The van der Waals surface area contributed by atoms with Crippen molar-refractivity contribution in [2.45, 2.75) is 431 Å². The zero-order chi connectivity index (χ0) is 59.2. The van der Waals surface area contributed by atoms with Gasteiger partial charge in [-0.2, -0.15) is 0 Å². The Bertz CT molecular complexity index is 1320. The summed E-state index contributed by atoms with van der Waals surface area (Å²) in [5.74, 6) is -0.839. The van der Waals surface area contributed by atoms with E-state index in [1.165, 1.54) is 321 Å². The van der Waals surface area contributed by atoms with Gasteiger partial charge in [0.2, 0.25) is 0 Å². The maximum Gasteiger partial charge on any atom is 0.306 e. The number of hydrogen-bond acceptors (Lipinski definition) is 6. The van der Waals surface area contributed by atoms with Crippen molar-refractivity contribution in [1.82, 2.24) is 0 Å². The van der Waals surface area contributed by atoms with Gasteiger partial charge in [-0.3, -0.25) is 14.4 Å². The number of carbonyl (C=O) groups is 3. The molecule has 6 heteroatoms. The molecule has 0 aromatic heterocycles. The molecule has 0 aliphatic heterocycles. The normalized spacial score (nSPS) is 12.1. The Balaban J connectivity index is 4.08. The Kier molecular flexibility index (Phi) is 69.5. The van der Waals surface area contributed by atoms with E-state index in [0.717, 1.165) is 64.2 Å². The van der Waals surface area contributed by atoms with Gasteiger partial charge in [0.1, 0.15) is 13.2 Å². The van der Waals surface area contributed by atoms with Crippen LogP contribution in [-0.2, 0) is 28.6 Å². The molecule has 6 nitrogen and oxygen atoms in total. The lowest BCUT2D eigenvalue weighted by Gasteiger charge is -2.18. The van der Waals surface area contributed by atoms with E-state index < -0.39 is 6.10 Å². The predicted molar refractivity (Wildman–Crippen MR) is 358 cm³/mol. The minimum absolute atomic E-state index is 0.0665. The van der Waals surface area contributed by atoms with E-state index in [9.17, 15) is 14.4 Å². The molecule has 0 aromatic carbocycles. The smallest absolute Gasteiger partial charge is 0.306 e. The minimum atomic E-state index is -0.770. The second-order valence-corrected chi connectivity index (χ2v) is 25.6. The molecule has 1 atom stereocenters. The topological polar surface area (TPSA) is 78.9 Å². The highest BCUT2D eigenvalue weighted by atomic mass is 16.6. The molecule has 0 aliphatic rings. The van der Waals surface area contributed by atoms with Crippen LogP contribution in [0.1, 0.15) is 425 Å². The summed E-state index contributed by atoms with van der Waals surface area (Å²) in [6.45, 7) is 6.69. The van der Waals surface area contributed by atoms with E-state index in [-0.39, 0.29) is 31.1 Å². The van der Waals surface area contributed by atoms with Gasteiger partial charge in [0.25, 0.3) is 0 Å². The van der Waals surface area contributed by atoms with Crippen LogP contribution in [0.3, 0.4) is 0 Å². The van der Waals surface area contributed by atoms with Crippen LogP contribution < -0.4 is 0 Å². The van der Waals surface area contributed by atoms with Gasteiger partial charge in [-0.25, -0.2) is 0 Å². The van der Waals surface area contributed by atoms with Gasteiger partial charge in [-0.15, -0.1) is 0 Å². The number of ether oxygens (including phenoxy) is 3. The van der Waals surface area contributed by atoms with Crippen molar-refractivity contribution in [3.63, 3.8) is 0 Å². The number of rotatable bonds is 70. The number of allylic oxidation sites excluding steroid dienone is 4. The first-order valence-corrected chi connectivity index (χ1v) is 37.3. The molecule has 0 N–H and O–H groups in total. The molecule has 0 fully saturated rings. The van der Waals surface area contributed by atoms with Crippen molar-refractivity contribution >= 4 is 17.9 Å². The summed E-state index contributed by atoms with van der Waals surface area (Å²) in [6, 6.07) is 0. The SMILES string of the molecule is CCCCC/C=C\C/C=C\CCCCCCCCCCCC(=O)OC(COC(=O)CCCCCCCCCCCCCC)COC(=O)CCCCCCCCCCCCCCCCCCCCCCCCCCCCCCCCCCC. The van der Waals surface area contributed by atoms with Gasteiger partial charge < -0.3 is 14.2 Å². The van der Waals surface area contributed by atoms with Gasteiger partial charge in [0, 0.05) is 19.3 Å². The van der Waals surface area contributed by atoms with Gasteiger partial charge in [0.05, 0.1) is 0 Å². The van der Waals surface area contributed by atoms with Crippen molar-refractivity contribution in [3.8, 4) is 0 Å². The number of hydrogen-bond donors (Lipinski definition) is 0. The monoisotopic (exact) mass is 1150 g/mol. The van der Waals surface area contributed by atoms with Crippen LogP contribution >= 0.6 is 0 Å². The highest BCUT2D eigenvalue weighted by Crippen LogP contribution is 2.19. The molecule has 82 heavy (non-hydrogen) atoms. The maximum absolute atomic E-state index is 12.9. The standard InChI is InChI=1S/C76H144O6/c1-4-7-10-13-16-19-22-25-27-29-31-32-33-34-35-36-37-38-39-40-41-42-43-44-46-47-49-51-54-57-60-63-66-69-75(78)81-72-73(71-80-74(77)68-65-62-59-56-53-24-21-18-15-12-9-6-3)82-76(79)70-67-64-61-58-55-52-50-48-45-30-28-26-23-20-17-14-11-8-5-2/h17,20,26,28,73H,4-16,18-19,21-25,27,29-72H2,1-3H3/b20-17-,28-26-. The molecule has 1 unspecified atom stereocenters. The molecule has 0 aliphatic carbocycles. The first-order valence-electron chi connectivity index (χ1n) is 37.3. The molecule has 0 rings (SSSR count). The van der Waals surface area contributed by atoms with E-state index in [0.29, 0.717) is 19.3 Å². The third-order valence-electron chi connectivity index (χ3n) is 17.2. The van der Waals surface area contributed by atoms with Crippen LogP contribution in [0.25, 0.3) is 0 Å². The summed E-state index contributed by atoms with van der Waals surface area (Å²) in [5.41, 5.74) is 0.